The van der Waals surface area contributed by atoms with Gasteiger partial charge in [0.2, 0.25) is 0 Å². The monoisotopic (exact) mass is 307 g/mol. The second-order valence-corrected chi connectivity index (χ2v) is 6.05. The van der Waals surface area contributed by atoms with E-state index >= 15 is 0 Å². The van der Waals surface area contributed by atoms with E-state index in [1.807, 2.05) is 19.1 Å². The topological polar surface area (TPSA) is 72.8 Å². The molecule has 3 heterocycles. The molecule has 6 nitrogen and oxygen atoms in total. The quantitative estimate of drug-likeness (QED) is 0.755. The summed E-state index contributed by atoms with van der Waals surface area (Å²) < 4.78 is 5.30. The Balaban J connectivity index is 1.62. The number of pyridine rings is 1. The van der Waals surface area contributed by atoms with Gasteiger partial charge in [0.15, 0.2) is 5.13 Å². The summed E-state index contributed by atoms with van der Waals surface area (Å²) in [5.41, 5.74) is 0.911. The molecular weight excluding hydrogens is 294 g/mol. The lowest BCUT2D eigenvalue weighted by molar-refractivity contribution is 0.133. The van der Waals surface area contributed by atoms with Crippen molar-refractivity contribution in [3.63, 3.8) is 0 Å². The predicted octanol–water partition coefficient (Wildman–Crippen LogP) is 2.69. The zero-order chi connectivity index (χ0) is 13.8. The van der Waals surface area contributed by atoms with Crippen LogP contribution in [0.25, 0.3) is 10.3 Å². The Morgan fingerprint density at radius 2 is 2.15 bits per heavy atom. The lowest BCUT2D eigenvalue weighted by Crippen LogP contribution is -1.97. The van der Waals surface area contributed by atoms with Gasteiger partial charge in [0.25, 0.3) is 0 Å². The van der Waals surface area contributed by atoms with Crippen molar-refractivity contribution in [2.75, 3.05) is 11.9 Å². The van der Waals surface area contributed by atoms with Crippen LogP contribution in [0, 0.1) is 0 Å². The van der Waals surface area contributed by atoms with Crippen molar-refractivity contribution in [1.29, 1.82) is 0 Å². The van der Waals surface area contributed by atoms with Crippen molar-refractivity contribution in [3.8, 4) is 0 Å². The molecule has 0 aliphatic rings. The van der Waals surface area contributed by atoms with E-state index in [1.54, 1.807) is 17.5 Å². The number of nitrogens with one attached hydrogen (secondary N) is 1. The summed E-state index contributed by atoms with van der Waals surface area (Å²) in [4.78, 5) is 9.66. The van der Waals surface area contributed by atoms with Gasteiger partial charge in [0, 0.05) is 12.8 Å². The van der Waals surface area contributed by atoms with E-state index in [9.17, 15) is 0 Å². The van der Waals surface area contributed by atoms with Gasteiger partial charge in [0.1, 0.15) is 27.0 Å². The van der Waals surface area contributed by atoms with Gasteiger partial charge in [-0.2, -0.15) is 0 Å². The summed E-state index contributed by atoms with van der Waals surface area (Å²) in [5, 5.41) is 14.1. The van der Waals surface area contributed by atoms with Crippen molar-refractivity contribution in [3.05, 3.63) is 28.3 Å². The van der Waals surface area contributed by atoms with Crippen molar-refractivity contribution < 1.29 is 4.74 Å². The van der Waals surface area contributed by atoms with Gasteiger partial charge in [-0.1, -0.05) is 22.7 Å². The minimum Gasteiger partial charge on any atom is -0.374 e. The number of nitrogens with zero attached hydrogens (tertiary/aromatic N) is 4. The van der Waals surface area contributed by atoms with Crippen molar-refractivity contribution in [2.24, 2.45) is 0 Å². The fourth-order valence-electron chi connectivity index (χ4n) is 1.60. The average Bonchev–Trinajstić information content (AvgIpc) is 3.09. The molecule has 0 saturated heterocycles. The summed E-state index contributed by atoms with van der Waals surface area (Å²) in [6.07, 6.45) is 1.77. The number of aromatic nitrogens is 4. The van der Waals surface area contributed by atoms with E-state index < -0.39 is 0 Å². The molecule has 0 fully saturated rings. The molecule has 0 atom stereocenters. The highest BCUT2D eigenvalue weighted by atomic mass is 32.1. The number of ether oxygens (including phenoxy) is 1. The average molecular weight is 307 g/mol. The van der Waals surface area contributed by atoms with Gasteiger partial charge in [0.05, 0.1) is 6.54 Å². The van der Waals surface area contributed by atoms with Crippen LogP contribution >= 0.6 is 22.7 Å². The summed E-state index contributed by atoms with van der Waals surface area (Å²) in [7, 11) is 0. The number of fused-ring (bicyclic) bond motifs is 1. The normalized spacial score (nSPS) is 11.1. The van der Waals surface area contributed by atoms with Crippen LogP contribution < -0.4 is 5.32 Å². The highest BCUT2D eigenvalue weighted by Gasteiger charge is 2.07. The first-order valence-corrected chi connectivity index (χ1v) is 7.83. The summed E-state index contributed by atoms with van der Waals surface area (Å²) in [6, 6.07) is 3.84. The zero-order valence-corrected chi connectivity index (χ0v) is 12.5. The zero-order valence-electron chi connectivity index (χ0n) is 10.9. The fourth-order valence-corrected chi connectivity index (χ4v) is 3.13. The fraction of sp³-hybridized carbons (Fsp3) is 0.333. The molecule has 0 aromatic carbocycles. The molecular formula is C12H13N5OS2. The highest BCUT2D eigenvalue weighted by molar-refractivity contribution is 7.21. The van der Waals surface area contributed by atoms with Gasteiger partial charge >= 0.3 is 0 Å². The molecule has 0 saturated carbocycles. The van der Waals surface area contributed by atoms with E-state index in [-0.39, 0.29) is 0 Å². The van der Waals surface area contributed by atoms with Crippen molar-refractivity contribution in [1.82, 2.24) is 20.2 Å². The molecule has 3 aromatic rings. The van der Waals surface area contributed by atoms with E-state index in [4.69, 9.17) is 4.74 Å². The van der Waals surface area contributed by atoms with E-state index in [2.05, 4.69) is 25.5 Å². The number of hydrogen-bond donors (Lipinski definition) is 1. The molecule has 3 aromatic heterocycles. The first-order chi connectivity index (χ1) is 9.85. The predicted molar refractivity (Wildman–Crippen MR) is 80.0 cm³/mol. The second-order valence-electron chi connectivity index (χ2n) is 3.93. The molecule has 8 heteroatoms. The van der Waals surface area contributed by atoms with Crippen LogP contribution in [0.5, 0.6) is 0 Å². The maximum Gasteiger partial charge on any atom is 0.185 e. The lowest BCUT2D eigenvalue weighted by Gasteiger charge is -1.96. The largest absolute Gasteiger partial charge is 0.374 e. The van der Waals surface area contributed by atoms with Gasteiger partial charge in [-0.3, -0.25) is 0 Å². The van der Waals surface area contributed by atoms with Crippen molar-refractivity contribution in [2.45, 2.75) is 20.1 Å². The first-order valence-electron chi connectivity index (χ1n) is 6.19. The van der Waals surface area contributed by atoms with Crippen LogP contribution in [0.3, 0.4) is 0 Å². The summed E-state index contributed by atoms with van der Waals surface area (Å²) in [6.45, 7) is 3.79. The molecule has 0 bridgehead atoms. The highest BCUT2D eigenvalue weighted by Crippen LogP contribution is 2.24. The molecule has 20 heavy (non-hydrogen) atoms. The van der Waals surface area contributed by atoms with Crippen LogP contribution in [-0.2, 0) is 17.9 Å². The summed E-state index contributed by atoms with van der Waals surface area (Å²) in [5.74, 6) is 0. The summed E-state index contributed by atoms with van der Waals surface area (Å²) >= 11 is 3.09. The van der Waals surface area contributed by atoms with Crippen molar-refractivity contribution >= 4 is 38.2 Å². The van der Waals surface area contributed by atoms with Crippen LogP contribution in [0.15, 0.2) is 18.3 Å². The third kappa shape index (κ3) is 3.09. The van der Waals surface area contributed by atoms with Crippen LogP contribution in [0.4, 0.5) is 5.13 Å². The SMILES string of the molecule is CCOCc1nnc(CNc2nc3cccnc3s2)s1. The molecule has 0 amide bonds. The Morgan fingerprint density at radius 1 is 1.25 bits per heavy atom. The van der Waals surface area contributed by atoms with Crippen LogP contribution in [0.1, 0.15) is 16.9 Å². The number of anilines is 1. The van der Waals surface area contributed by atoms with E-state index in [0.717, 1.165) is 25.5 Å². The molecule has 3 rings (SSSR count). The maximum atomic E-state index is 5.30. The van der Waals surface area contributed by atoms with Gasteiger partial charge in [-0.05, 0) is 19.1 Å². The maximum absolute atomic E-state index is 5.30. The smallest absolute Gasteiger partial charge is 0.185 e. The Labute approximate surface area is 123 Å². The molecule has 0 aliphatic heterocycles. The Bertz CT molecular complexity index is 663. The first kappa shape index (κ1) is 13.3. The molecule has 1 N–H and O–H groups in total. The number of thiazole rings is 1. The molecule has 104 valence electrons. The molecule has 0 aliphatic carbocycles. The Hall–Kier alpha value is -1.64. The number of hydrogen-bond acceptors (Lipinski definition) is 8. The third-order valence-electron chi connectivity index (χ3n) is 2.50. The van der Waals surface area contributed by atoms with Gasteiger partial charge in [-0.25, -0.2) is 9.97 Å². The lowest BCUT2D eigenvalue weighted by atomic mass is 10.5. The minimum absolute atomic E-state index is 0.527. The Kier molecular flexibility index (Phi) is 4.14. The standard InChI is InChI=1S/C12H13N5OS2/c1-2-18-7-10-17-16-9(19-10)6-14-12-15-8-4-3-5-13-11(8)20-12/h3-5H,2,6-7H2,1H3,(H,14,15). The van der Waals surface area contributed by atoms with Gasteiger partial charge in [-0.15, -0.1) is 10.2 Å². The third-order valence-corrected chi connectivity index (χ3v) is 4.33. The Morgan fingerprint density at radius 3 is 3.00 bits per heavy atom. The molecule has 0 unspecified atom stereocenters. The number of rotatable bonds is 6. The van der Waals surface area contributed by atoms with Crippen LogP contribution in [0.2, 0.25) is 0 Å². The second kappa shape index (κ2) is 6.21. The van der Waals surface area contributed by atoms with Crippen LogP contribution in [-0.4, -0.2) is 26.8 Å². The minimum atomic E-state index is 0.527. The molecule has 0 radical (unpaired) electrons. The molecule has 0 spiro atoms. The van der Waals surface area contributed by atoms with E-state index in [0.29, 0.717) is 19.8 Å². The van der Waals surface area contributed by atoms with E-state index in [1.165, 1.54) is 11.3 Å². The van der Waals surface area contributed by atoms with Gasteiger partial charge < -0.3 is 10.1 Å².